The smallest absolute Gasteiger partial charge is 0.0697 e. The molecule has 0 heterocycles. The molecule has 0 amide bonds. The molecule has 0 saturated heterocycles. The Morgan fingerprint density at radius 1 is 1.57 bits per heavy atom. The Labute approximate surface area is 56.0 Å². The standard InChI is InChI=1S/C4H10O2.Li/c1-2-6-4-3-5;/h5H,2-4H2,1H3;. The van der Waals surface area contributed by atoms with Crippen LogP contribution < -0.4 is 0 Å². The molecule has 0 aliphatic rings. The number of rotatable bonds is 3. The zero-order valence-corrected chi connectivity index (χ0v) is 4.98. The fourth-order valence-electron chi connectivity index (χ4n) is 0.209. The first-order valence-corrected chi connectivity index (χ1v) is 2.10. The van der Waals surface area contributed by atoms with Crippen LogP contribution in [0.4, 0.5) is 0 Å². The second-order valence-electron chi connectivity index (χ2n) is 0.921. The SMILES string of the molecule is CCOCCO.[Li]. The number of hydrogen-bond donors (Lipinski definition) is 1. The molecule has 0 bridgehead atoms. The largest absolute Gasteiger partial charge is 0.394 e. The van der Waals surface area contributed by atoms with Crippen molar-refractivity contribution in [3.05, 3.63) is 0 Å². The minimum Gasteiger partial charge on any atom is -0.394 e. The van der Waals surface area contributed by atoms with E-state index in [4.69, 9.17) is 9.84 Å². The minimum atomic E-state index is 0. The van der Waals surface area contributed by atoms with Gasteiger partial charge in [0.15, 0.2) is 0 Å². The maximum absolute atomic E-state index is 8.07. The van der Waals surface area contributed by atoms with Crippen molar-refractivity contribution in [1.29, 1.82) is 0 Å². The third-order valence-electron chi connectivity index (χ3n) is 0.440. The van der Waals surface area contributed by atoms with E-state index >= 15 is 0 Å². The summed E-state index contributed by atoms with van der Waals surface area (Å²) in [5.41, 5.74) is 0. The van der Waals surface area contributed by atoms with Gasteiger partial charge >= 0.3 is 0 Å². The number of aliphatic hydroxyl groups is 1. The van der Waals surface area contributed by atoms with Gasteiger partial charge in [-0.05, 0) is 6.92 Å². The third kappa shape index (κ3) is 10.7. The van der Waals surface area contributed by atoms with Gasteiger partial charge in [-0.15, -0.1) is 0 Å². The van der Waals surface area contributed by atoms with Crippen LogP contribution in [0, 0.1) is 0 Å². The van der Waals surface area contributed by atoms with Crippen molar-refractivity contribution in [2.24, 2.45) is 0 Å². The maximum Gasteiger partial charge on any atom is 0.0697 e. The second-order valence-corrected chi connectivity index (χ2v) is 0.921. The summed E-state index contributed by atoms with van der Waals surface area (Å²) in [5, 5.41) is 8.07. The van der Waals surface area contributed by atoms with Crippen molar-refractivity contribution in [1.82, 2.24) is 0 Å². The van der Waals surface area contributed by atoms with Crippen LogP contribution in [0.3, 0.4) is 0 Å². The van der Waals surface area contributed by atoms with Crippen LogP contribution in [0.1, 0.15) is 6.92 Å². The van der Waals surface area contributed by atoms with Crippen LogP contribution in [0.15, 0.2) is 0 Å². The molecule has 0 saturated carbocycles. The van der Waals surface area contributed by atoms with Gasteiger partial charge in [-0.1, -0.05) is 0 Å². The van der Waals surface area contributed by atoms with E-state index in [1.165, 1.54) is 0 Å². The van der Waals surface area contributed by atoms with Crippen LogP contribution in [0.2, 0.25) is 0 Å². The number of aliphatic hydroxyl groups excluding tert-OH is 1. The van der Waals surface area contributed by atoms with Crippen molar-refractivity contribution < 1.29 is 9.84 Å². The molecule has 0 aliphatic heterocycles. The van der Waals surface area contributed by atoms with Crippen molar-refractivity contribution in [2.45, 2.75) is 6.92 Å². The summed E-state index contributed by atoms with van der Waals surface area (Å²) < 4.78 is 4.73. The average Bonchev–Trinajstić information content (AvgIpc) is 1.61. The maximum atomic E-state index is 8.07. The van der Waals surface area contributed by atoms with E-state index in [1.54, 1.807) is 0 Å². The van der Waals surface area contributed by atoms with Crippen LogP contribution in [-0.4, -0.2) is 43.8 Å². The number of ether oxygens (including phenoxy) is 1. The molecule has 39 valence electrons. The van der Waals surface area contributed by atoms with Crippen LogP contribution >= 0.6 is 0 Å². The zero-order chi connectivity index (χ0) is 4.83. The molecule has 7 heavy (non-hydrogen) atoms. The van der Waals surface area contributed by atoms with Gasteiger partial charge in [0, 0.05) is 25.5 Å². The molecule has 1 N–H and O–H groups in total. The van der Waals surface area contributed by atoms with E-state index in [-0.39, 0.29) is 25.5 Å². The molecular weight excluding hydrogens is 87.0 g/mol. The van der Waals surface area contributed by atoms with Crippen molar-refractivity contribution in [2.75, 3.05) is 19.8 Å². The molecule has 0 spiro atoms. The van der Waals surface area contributed by atoms with Crippen LogP contribution in [-0.2, 0) is 4.74 Å². The van der Waals surface area contributed by atoms with Gasteiger partial charge in [0.25, 0.3) is 0 Å². The molecule has 1 radical (unpaired) electrons. The van der Waals surface area contributed by atoms with Gasteiger partial charge in [-0.3, -0.25) is 0 Å². The molecule has 2 nitrogen and oxygen atoms in total. The molecule has 0 unspecified atom stereocenters. The van der Waals surface area contributed by atoms with Crippen molar-refractivity contribution >= 4 is 18.9 Å². The van der Waals surface area contributed by atoms with E-state index in [1.807, 2.05) is 6.92 Å². The average molecular weight is 97.1 g/mol. The molecular formula is C4H10LiO2. The third-order valence-corrected chi connectivity index (χ3v) is 0.440. The van der Waals surface area contributed by atoms with Gasteiger partial charge in [0.05, 0.1) is 13.2 Å². The van der Waals surface area contributed by atoms with Crippen LogP contribution in [0.5, 0.6) is 0 Å². The first-order chi connectivity index (χ1) is 2.91. The molecule has 3 heteroatoms. The Morgan fingerprint density at radius 2 is 2.14 bits per heavy atom. The fraction of sp³-hybridized carbons (Fsp3) is 1.00. The van der Waals surface area contributed by atoms with Crippen molar-refractivity contribution in [3.63, 3.8) is 0 Å². The predicted molar refractivity (Wildman–Crippen MR) is 29.3 cm³/mol. The molecule has 0 aliphatic carbocycles. The minimum absolute atomic E-state index is 0. The first-order valence-electron chi connectivity index (χ1n) is 2.10. The Bertz CT molecular complexity index is 21.7. The van der Waals surface area contributed by atoms with E-state index in [0.29, 0.717) is 13.2 Å². The van der Waals surface area contributed by atoms with Crippen LogP contribution in [0.25, 0.3) is 0 Å². The fourth-order valence-corrected chi connectivity index (χ4v) is 0.209. The summed E-state index contributed by atoms with van der Waals surface area (Å²) in [7, 11) is 0. The van der Waals surface area contributed by atoms with Gasteiger partial charge in [-0.25, -0.2) is 0 Å². The van der Waals surface area contributed by atoms with Gasteiger partial charge < -0.3 is 9.84 Å². The van der Waals surface area contributed by atoms with E-state index in [9.17, 15) is 0 Å². The Kier molecular flexibility index (Phi) is 14.6. The monoisotopic (exact) mass is 97.1 g/mol. The molecule has 0 fully saturated rings. The van der Waals surface area contributed by atoms with Gasteiger partial charge in [-0.2, -0.15) is 0 Å². The first kappa shape index (κ1) is 10.5. The molecule has 0 aromatic carbocycles. The summed E-state index contributed by atoms with van der Waals surface area (Å²) in [5.74, 6) is 0. The summed E-state index contributed by atoms with van der Waals surface area (Å²) >= 11 is 0. The topological polar surface area (TPSA) is 29.5 Å². The molecule has 0 rings (SSSR count). The summed E-state index contributed by atoms with van der Waals surface area (Å²) in [6.45, 7) is 3.20. The summed E-state index contributed by atoms with van der Waals surface area (Å²) in [6.07, 6.45) is 0. The van der Waals surface area contributed by atoms with Gasteiger partial charge in [0.2, 0.25) is 0 Å². The second kappa shape index (κ2) is 9.72. The van der Waals surface area contributed by atoms with Crippen molar-refractivity contribution in [3.8, 4) is 0 Å². The Hall–Kier alpha value is 0.517. The normalized spacial score (nSPS) is 7.71. The molecule has 0 aromatic rings. The Balaban J connectivity index is 0. The van der Waals surface area contributed by atoms with E-state index < -0.39 is 0 Å². The van der Waals surface area contributed by atoms with E-state index in [0.717, 1.165) is 0 Å². The predicted octanol–water partition coefficient (Wildman–Crippen LogP) is -0.366. The zero-order valence-electron chi connectivity index (χ0n) is 4.98. The Morgan fingerprint density at radius 3 is 2.29 bits per heavy atom. The molecule has 0 aromatic heterocycles. The quantitative estimate of drug-likeness (QED) is 0.384. The number of hydrogen-bond acceptors (Lipinski definition) is 2. The summed E-state index contributed by atoms with van der Waals surface area (Å²) in [6, 6.07) is 0. The van der Waals surface area contributed by atoms with E-state index in [2.05, 4.69) is 0 Å². The summed E-state index contributed by atoms with van der Waals surface area (Å²) in [4.78, 5) is 0. The van der Waals surface area contributed by atoms with Gasteiger partial charge in [0.1, 0.15) is 0 Å². The molecule has 0 atom stereocenters.